The average Bonchev–Trinajstić information content (AvgIpc) is 2.88. The first kappa shape index (κ1) is 27.3. The van der Waals surface area contributed by atoms with Crippen LogP contribution >= 0.6 is 11.6 Å². The molecule has 0 saturated carbocycles. The number of β-amino-alcohol motifs (C(OH)–C–C–N with tert-alkyl or cyclic N) is 1. The number of benzene rings is 2. The van der Waals surface area contributed by atoms with E-state index in [1.807, 2.05) is 18.2 Å². The number of aliphatic hydroxyl groups excluding tert-OH is 1. The van der Waals surface area contributed by atoms with Crippen LogP contribution in [0.2, 0.25) is 5.02 Å². The Morgan fingerprint density at radius 2 is 1.89 bits per heavy atom. The minimum absolute atomic E-state index is 0.0972. The van der Waals surface area contributed by atoms with Crippen LogP contribution in [-0.4, -0.2) is 52.9 Å². The molecule has 2 heterocycles. The van der Waals surface area contributed by atoms with Gasteiger partial charge in [-0.3, -0.25) is 9.88 Å². The average molecular weight is 528 g/mol. The van der Waals surface area contributed by atoms with Crippen molar-refractivity contribution in [1.82, 2.24) is 9.88 Å². The minimum atomic E-state index is -1.14. The first-order valence-corrected chi connectivity index (χ1v) is 13.0. The second kappa shape index (κ2) is 11.8. The van der Waals surface area contributed by atoms with Crippen LogP contribution in [0.1, 0.15) is 43.6 Å². The van der Waals surface area contributed by atoms with Gasteiger partial charge in [-0.05, 0) is 48.7 Å². The summed E-state index contributed by atoms with van der Waals surface area (Å²) in [4.78, 5) is 8.67. The molecule has 198 valence electrons. The van der Waals surface area contributed by atoms with Crippen molar-refractivity contribution < 1.29 is 19.3 Å². The summed E-state index contributed by atoms with van der Waals surface area (Å²) in [5.74, 6) is 0.862. The van der Waals surface area contributed by atoms with Gasteiger partial charge in [-0.25, -0.2) is 4.39 Å². The standard InChI is InChI=1S/C29H35ClFN3O3/c1-20(2)18-37-25-10-11-27(26(30)14-25)34-13-12-33(16-28(34)21-4-7-23(31)8-5-21)19-29(3,36)22-6-9-24(17-35)32-15-22/h4-11,14-15,20,28,35-36H,12-13,16-19H2,1-3H3/t28-,29+/m0/s1. The van der Waals surface area contributed by atoms with Gasteiger partial charge in [0.25, 0.3) is 0 Å². The van der Waals surface area contributed by atoms with Crippen molar-refractivity contribution in [3.8, 4) is 5.75 Å². The minimum Gasteiger partial charge on any atom is -0.493 e. The van der Waals surface area contributed by atoms with Gasteiger partial charge < -0.3 is 19.8 Å². The van der Waals surface area contributed by atoms with E-state index in [0.717, 1.165) is 17.0 Å². The van der Waals surface area contributed by atoms with Crippen molar-refractivity contribution in [2.45, 2.75) is 39.0 Å². The Morgan fingerprint density at radius 1 is 1.14 bits per heavy atom. The number of rotatable bonds is 9. The van der Waals surface area contributed by atoms with E-state index in [2.05, 4.69) is 28.6 Å². The molecule has 1 aromatic heterocycles. The SMILES string of the molecule is CC(C)COc1ccc(N2CCN(C[C@@](C)(O)c3ccc(CO)nc3)C[C@H]2c2ccc(F)cc2)c(Cl)c1. The lowest BCUT2D eigenvalue weighted by Gasteiger charge is -2.45. The first-order valence-electron chi connectivity index (χ1n) is 12.6. The Balaban J connectivity index is 1.57. The number of ether oxygens (including phenoxy) is 1. The quantitative estimate of drug-likeness (QED) is 0.400. The van der Waals surface area contributed by atoms with Gasteiger partial charge in [0, 0.05) is 44.0 Å². The maximum atomic E-state index is 13.7. The lowest BCUT2D eigenvalue weighted by molar-refractivity contribution is 0.00997. The molecule has 0 unspecified atom stereocenters. The van der Waals surface area contributed by atoms with Crippen LogP contribution in [0.5, 0.6) is 5.75 Å². The zero-order chi connectivity index (χ0) is 26.6. The van der Waals surface area contributed by atoms with Gasteiger partial charge >= 0.3 is 0 Å². The summed E-state index contributed by atoms with van der Waals surface area (Å²) in [7, 11) is 0. The highest BCUT2D eigenvalue weighted by molar-refractivity contribution is 6.33. The predicted octanol–water partition coefficient (Wildman–Crippen LogP) is 5.17. The van der Waals surface area contributed by atoms with Gasteiger partial charge in [0.1, 0.15) is 17.2 Å². The van der Waals surface area contributed by atoms with E-state index < -0.39 is 5.60 Å². The van der Waals surface area contributed by atoms with Crippen LogP contribution in [0.25, 0.3) is 0 Å². The maximum absolute atomic E-state index is 13.7. The second-order valence-electron chi connectivity index (χ2n) is 10.3. The Labute approximate surface area is 223 Å². The molecule has 1 fully saturated rings. The Morgan fingerprint density at radius 3 is 2.51 bits per heavy atom. The molecule has 1 aliphatic rings. The van der Waals surface area contributed by atoms with Crippen LogP contribution in [0, 0.1) is 11.7 Å². The van der Waals surface area contributed by atoms with E-state index in [0.29, 0.717) is 55.0 Å². The molecule has 2 N–H and O–H groups in total. The number of hydrogen-bond acceptors (Lipinski definition) is 6. The van der Waals surface area contributed by atoms with Gasteiger partial charge in [0.15, 0.2) is 0 Å². The largest absolute Gasteiger partial charge is 0.493 e. The molecular formula is C29H35ClFN3O3. The van der Waals surface area contributed by atoms with Crippen LogP contribution < -0.4 is 9.64 Å². The topological polar surface area (TPSA) is 69.1 Å². The fraction of sp³-hybridized carbons (Fsp3) is 0.414. The zero-order valence-corrected chi connectivity index (χ0v) is 22.3. The summed E-state index contributed by atoms with van der Waals surface area (Å²) in [6.45, 7) is 8.84. The highest BCUT2D eigenvalue weighted by Gasteiger charge is 2.34. The summed E-state index contributed by atoms with van der Waals surface area (Å²) < 4.78 is 19.6. The number of hydrogen-bond donors (Lipinski definition) is 2. The van der Waals surface area contributed by atoms with Crippen LogP contribution in [0.4, 0.5) is 10.1 Å². The normalized spacial score (nSPS) is 18.2. The summed E-state index contributed by atoms with van der Waals surface area (Å²) >= 11 is 6.74. The third-order valence-corrected chi connectivity index (χ3v) is 6.97. The summed E-state index contributed by atoms with van der Waals surface area (Å²) in [6, 6.07) is 15.7. The van der Waals surface area contributed by atoms with Crippen LogP contribution in [0.3, 0.4) is 0 Å². The number of anilines is 1. The van der Waals surface area contributed by atoms with Crippen molar-refractivity contribution in [3.05, 3.63) is 88.5 Å². The monoisotopic (exact) mass is 527 g/mol. The van der Waals surface area contributed by atoms with E-state index in [1.165, 1.54) is 12.1 Å². The van der Waals surface area contributed by atoms with Gasteiger partial charge in [0.2, 0.25) is 0 Å². The number of aromatic nitrogens is 1. The molecule has 8 heteroatoms. The van der Waals surface area contributed by atoms with Gasteiger partial charge in [-0.1, -0.05) is 43.6 Å². The molecule has 0 amide bonds. The van der Waals surface area contributed by atoms with Crippen molar-refractivity contribution in [3.63, 3.8) is 0 Å². The maximum Gasteiger partial charge on any atom is 0.123 e. The number of pyridine rings is 1. The molecule has 1 saturated heterocycles. The molecule has 0 spiro atoms. The predicted molar refractivity (Wildman–Crippen MR) is 144 cm³/mol. The molecule has 2 atom stereocenters. The third kappa shape index (κ3) is 6.79. The van der Waals surface area contributed by atoms with Crippen LogP contribution in [0.15, 0.2) is 60.8 Å². The van der Waals surface area contributed by atoms with Crippen molar-refractivity contribution in [2.75, 3.05) is 37.7 Å². The fourth-order valence-electron chi connectivity index (χ4n) is 4.68. The molecule has 6 nitrogen and oxygen atoms in total. The number of piperazine rings is 1. The molecule has 37 heavy (non-hydrogen) atoms. The molecule has 0 radical (unpaired) electrons. The summed E-state index contributed by atoms with van der Waals surface area (Å²) in [5.41, 5.74) is 1.97. The number of nitrogens with zero attached hydrogens (tertiary/aromatic N) is 3. The van der Waals surface area contributed by atoms with Crippen LogP contribution in [-0.2, 0) is 12.2 Å². The first-order chi connectivity index (χ1) is 17.7. The van der Waals surface area contributed by atoms with E-state index in [9.17, 15) is 14.6 Å². The number of aliphatic hydroxyl groups is 2. The van der Waals surface area contributed by atoms with Gasteiger partial charge in [-0.2, -0.15) is 0 Å². The van der Waals surface area contributed by atoms with Crippen molar-refractivity contribution in [2.24, 2.45) is 5.92 Å². The van der Waals surface area contributed by atoms with Gasteiger partial charge in [0.05, 0.1) is 35.7 Å². The number of halogens is 2. The Kier molecular flexibility index (Phi) is 8.70. The lowest BCUT2D eigenvalue weighted by atomic mass is 9.94. The highest BCUT2D eigenvalue weighted by atomic mass is 35.5. The highest BCUT2D eigenvalue weighted by Crippen LogP contribution is 2.38. The second-order valence-corrected chi connectivity index (χ2v) is 10.7. The molecule has 3 aromatic rings. The molecular weight excluding hydrogens is 493 g/mol. The third-order valence-electron chi connectivity index (χ3n) is 6.67. The Hall–Kier alpha value is -2.71. The molecule has 4 rings (SSSR count). The summed E-state index contributed by atoms with van der Waals surface area (Å²) in [5, 5.41) is 21.2. The Bertz CT molecular complexity index is 1170. The van der Waals surface area contributed by atoms with Crippen molar-refractivity contribution in [1.29, 1.82) is 0 Å². The lowest BCUT2D eigenvalue weighted by Crippen LogP contribution is -2.52. The molecule has 0 bridgehead atoms. The zero-order valence-electron chi connectivity index (χ0n) is 21.6. The molecule has 0 aliphatic carbocycles. The van der Waals surface area contributed by atoms with E-state index in [-0.39, 0.29) is 18.5 Å². The summed E-state index contributed by atoms with van der Waals surface area (Å²) in [6.07, 6.45) is 1.61. The fourth-order valence-corrected chi connectivity index (χ4v) is 4.96. The van der Waals surface area contributed by atoms with Crippen molar-refractivity contribution >= 4 is 17.3 Å². The molecule has 1 aliphatic heterocycles. The smallest absolute Gasteiger partial charge is 0.123 e. The van der Waals surface area contributed by atoms with E-state index in [1.54, 1.807) is 37.4 Å². The molecule has 2 aromatic carbocycles. The van der Waals surface area contributed by atoms with E-state index >= 15 is 0 Å². The van der Waals surface area contributed by atoms with Gasteiger partial charge in [-0.15, -0.1) is 0 Å². The van der Waals surface area contributed by atoms with E-state index in [4.69, 9.17) is 16.3 Å².